The lowest BCUT2D eigenvalue weighted by Crippen LogP contribution is -2.06. The van der Waals surface area contributed by atoms with Crippen LogP contribution in [0.2, 0.25) is 10.0 Å². The van der Waals surface area contributed by atoms with Crippen molar-refractivity contribution in [2.75, 3.05) is 5.32 Å². The molecule has 3 aromatic rings. The first-order valence-electron chi connectivity index (χ1n) is 9.12. The van der Waals surface area contributed by atoms with Crippen LogP contribution >= 0.6 is 23.2 Å². The number of carbonyl (C=O) groups excluding carboxylic acids is 1. The van der Waals surface area contributed by atoms with E-state index in [4.69, 9.17) is 27.9 Å². The van der Waals surface area contributed by atoms with Crippen LogP contribution in [0.3, 0.4) is 0 Å². The Kier molecular flexibility index (Phi) is 5.69. The molecule has 1 aliphatic rings. The number of hydrogen-bond acceptors (Lipinski definition) is 2. The number of rotatable bonds is 4. The number of alkyl halides is 3. The van der Waals surface area contributed by atoms with Crippen LogP contribution in [-0.4, -0.2) is 5.91 Å². The Morgan fingerprint density at radius 3 is 2.39 bits per heavy atom. The van der Waals surface area contributed by atoms with Crippen molar-refractivity contribution < 1.29 is 22.7 Å². The highest BCUT2D eigenvalue weighted by molar-refractivity contribution is 6.35. The second-order valence-corrected chi connectivity index (χ2v) is 7.71. The molecule has 0 fully saturated rings. The molecule has 0 spiro atoms. The maximum atomic E-state index is 12.9. The number of hydrogen-bond donors (Lipinski definition) is 1. The van der Waals surface area contributed by atoms with E-state index < -0.39 is 17.6 Å². The third-order valence-electron chi connectivity index (χ3n) is 4.73. The van der Waals surface area contributed by atoms with Crippen molar-refractivity contribution in [3.63, 3.8) is 0 Å². The molecule has 158 valence electrons. The van der Waals surface area contributed by atoms with E-state index in [9.17, 15) is 18.0 Å². The summed E-state index contributed by atoms with van der Waals surface area (Å²) in [6.07, 6.45) is -2.85. The second kappa shape index (κ2) is 8.29. The van der Waals surface area contributed by atoms with E-state index in [0.717, 1.165) is 17.7 Å². The van der Waals surface area contributed by atoms with Crippen molar-refractivity contribution in [1.29, 1.82) is 0 Å². The van der Waals surface area contributed by atoms with Gasteiger partial charge in [-0.25, -0.2) is 0 Å². The highest BCUT2D eigenvalue weighted by Crippen LogP contribution is 2.38. The summed E-state index contributed by atoms with van der Waals surface area (Å²) in [7, 11) is 0. The summed E-state index contributed by atoms with van der Waals surface area (Å²) >= 11 is 12.0. The van der Waals surface area contributed by atoms with Crippen LogP contribution in [0.4, 0.5) is 18.9 Å². The normalized spacial score (nSPS) is 14.5. The Hall–Kier alpha value is -2.96. The lowest BCUT2D eigenvalue weighted by molar-refractivity contribution is -0.137. The summed E-state index contributed by atoms with van der Waals surface area (Å²) in [5.74, 6) is 0.145. The number of benzene rings is 3. The minimum atomic E-state index is -4.47. The molecule has 0 bridgehead atoms. The van der Waals surface area contributed by atoms with Gasteiger partial charge in [0.25, 0.3) is 5.91 Å². The second-order valence-electron chi connectivity index (χ2n) is 6.86. The molecule has 0 radical (unpaired) electrons. The zero-order valence-corrected chi connectivity index (χ0v) is 17.3. The summed E-state index contributed by atoms with van der Waals surface area (Å²) in [5, 5.41) is 3.53. The number of anilines is 1. The summed E-state index contributed by atoms with van der Waals surface area (Å²) in [4.78, 5) is 12.3. The maximum absolute atomic E-state index is 12.9. The summed E-state index contributed by atoms with van der Waals surface area (Å²) < 4.78 is 44.4. The van der Waals surface area contributed by atoms with Crippen LogP contribution in [0.5, 0.6) is 5.75 Å². The molecule has 0 aliphatic carbocycles. The van der Waals surface area contributed by atoms with Crippen LogP contribution < -0.4 is 10.1 Å². The third-order valence-corrected chi connectivity index (χ3v) is 5.32. The highest BCUT2D eigenvalue weighted by atomic mass is 35.5. The van der Waals surface area contributed by atoms with Gasteiger partial charge in [-0.05, 0) is 48.0 Å². The van der Waals surface area contributed by atoms with Gasteiger partial charge in [0, 0.05) is 32.4 Å². The summed E-state index contributed by atoms with van der Waals surface area (Å²) in [5.41, 5.74) is 1.55. The van der Waals surface area contributed by atoms with Gasteiger partial charge in [0.15, 0.2) is 0 Å². The highest BCUT2D eigenvalue weighted by Gasteiger charge is 2.33. The van der Waals surface area contributed by atoms with Gasteiger partial charge in [-0.3, -0.25) is 4.79 Å². The third kappa shape index (κ3) is 4.70. The first kappa shape index (κ1) is 21.3. The molecule has 3 aromatic carbocycles. The predicted molar refractivity (Wildman–Crippen MR) is 115 cm³/mol. The van der Waals surface area contributed by atoms with E-state index in [0.29, 0.717) is 32.5 Å². The SMILES string of the molecule is O=C1Nc2cc(C(F)(F)F)ccc2/C1=C\c1ccc(OCc2ccc(Cl)cc2Cl)cc1. The molecule has 1 N–H and O–H groups in total. The average Bonchev–Trinajstić information content (AvgIpc) is 3.02. The fraction of sp³-hybridized carbons (Fsp3) is 0.0870. The minimum absolute atomic E-state index is 0.144. The Labute approximate surface area is 186 Å². The topological polar surface area (TPSA) is 38.3 Å². The minimum Gasteiger partial charge on any atom is -0.489 e. The van der Waals surface area contributed by atoms with Crippen molar-refractivity contribution in [2.24, 2.45) is 0 Å². The largest absolute Gasteiger partial charge is 0.489 e. The quantitative estimate of drug-likeness (QED) is 0.419. The molecular weight excluding hydrogens is 450 g/mol. The molecule has 8 heteroatoms. The standard InChI is InChI=1S/C23H14Cl2F3NO2/c24-16-5-3-14(20(25)11-16)12-31-17-6-1-13(2-7-17)9-19-18-8-4-15(23(26,27)28)10-21(18)29-22(19)30/h1-11H,12H2,(H,29,30)/b19-9+. The lowest BCUT2D eigenvalue weighted by Gasteiger charge is -2.09. The van der Waals surface area contributed by atoms with Crippen LogP contribution in [0.1, 0.15) is 22.3 Å². The van der Waals surface area contributed by atoms with Gasteiger partial charge in [0.1, 0.15) is 12.4 Å². The molecule has 0 atom stereocenters. The first-order valence-corrected chi connectivity index (χ1v) is 9.88. The molecule has 1 amide bonds. The summed E-state index contributed by atoms with van der Waals surface area (Å²) in [6.45, 7) is 0.258. The molecule has 0 aromatic heterocycles. The molecule has 0 saturated heterocycles. The van der Waals surface area contributed by atoms with Crippen molar-refractivity contribution in [2.45, 2.75) is 12.8 Å². The number of nitrogens with one attached hydrogen (secondary N) is 1. The maximum Gasteiger partial charge on any atom is 0.416 e. The first-order chi connectivity index (χ1) is 14.7. The smallest absolute Gasteiger partial charge is 0.416 e. The van der Waals surface area contributed by atoms with Crippen LogP contribution in [-0.2, 0) is 17.6 Å². The predicted octanol–water partition coefficient (Wildman–Crippen LogP) is 7.08. The zero-order chi connectivity index (χ0) is 22.2. The number of ether oxygens (including phenoxy) is 1. The fourth-order valence-corrected chi connectivity index (χ4v) is 3.60. The number of amides is 1. The van der Waals surface area contributed by atoms with E-state index in [1.807, 2.05) is 0 Å². The average molecular weight is 464 g/mol. The lowest BCUT2D eigenvalue weighted by atomic mass is 10.0. The Morgan fingerprint density at radius 1 is 0.968 bits per heavy atom. The Bertz CT molecular complexity index is 1190. The van der Waals surface area contributed by atoms with Gasteiger partial charge in [-0.15, -0.1) is 0 Å². The van der Waals surface area contributed by atoms with Crippen LogP contribution in [0.25, 0.3) is 11.6 Å². The van der Waals surface area contributed by atoms with Gasteiger partial charge >= 0.3 is 6.18 Å². The monoisotopic (exact) mass is 463 g/mol. The van der Waals surface area contributed by atoms with E-state index in [2.05, 4.69) is 5.32 Å². The molecular formula is C23H14Cl2F3NO2. The van der Waals surface area contributed by atoms with Gasteiger partial charge in [0.2, 0.25) is 0 Å². The van der Waals surface area contributed by atoms with Gasteiger partial charge in [0.05, 0.1) is 5.56 Å². The molecule has 0 unspecified atom stereocenters. The zero-order valence-electron chi connectivity index (χ0n) is 15.8. The van der Waals surface area contributed by atoms with Gasteiger partial charge in [-0.2, -0.15) is 13.2 Å². The van der Waals surface area contributed by atoms with E-state index >= 15 is 0 Å². The van der Waals surface area contributed by atoms with Crippen molar-refractivity contribution in [3.8, 4) is 5.75 Å². The summed E-state index contributed by atoms with van der Waals surface area (Å²) in [6, 6.07) is 15.3. The van der Waals surface area contributed by atoms with E-state index in [1.165, 1.54) is 6.07 Å². The fourth-order valence-electron chi connectivity index (χ4n) is 3.14. The number of fused-ring (bicyclic) bond motifs is 1. The molecule has 3 nitrogen and oxygen atoms in total. The molecule has 31 heavy (non-hydrogen) atoms. The van der Waals surface area contributed by atoms with Crippen molar-refractivity contribution >= 4 is 46.4 Å². The van der Waals surface area contributed by atoms with E-state index in [1.54, 1.807) is 48.5 Å². The van der Waals surface area contributed by atoms with Crippen molar-refractivity contribution in [1.82, 2.24) is 0 Å². The van der Waals surface area contributed by atoms with Crippen molar-refractivity contribution in [3.05, 3.63) is 93.0 Å². The number of carbonyl (C=O) groups is 1. The molecule has 4 rings (SSSR count). The van der Waals surface area contributed by atoms with E-state index in [-0.39, 0.29) is 12.3 Å². The molecule has 1 heterocycles. The number of halogens is 5. The van der Waals surface area contributed by atoms with Crippen LogP contribution in [0.15, 0.2) is 60.7 Å². The van der Waals surface area contributed by atoms with Crippen LogP contribution in [0, 0.1) is 0 Å². The Morgan fingerprint density at radius 2 is 1.71 bits per heavy atom. The van der Waals surface area contributed by atoms with Gasteiger partial charge in [-0.1, -0.05) is 47.5 Å². The van der Waals surface area contributed by atoms with Gasteiger partial charge < -0.3 is 10.1 Å². The Balaban J connectivity index is 1.50. The molecule has 1 aliphatic heterocycles. The molecule has 0 saturated carbocycles.